The highest BCUT2D eigenvalue weighted by molar-refractivity contribution is 7.99. The Hall–Kier alpha value is -0.970. The van der Waals surface area contributed by atoms with Gasteiger partial charge < -0.3 is 5.11 Å². The van der Waals surface area contributed by atoms with Crippen LogP contribution in [-0.4, -0.2) is 25.6 Å². The maximum absolute atomic E-state index is 10.9. The fraction of sp³-hybridized carbons (Fsp3) is 0.600. The van der Waals surface area contributed by atoms with E-state index in [1.54, 1.807) is 23.5 Å². The fourth-order valence-corrected chi connectivity index (χ4v) is 2.01. The van der Waals surface area contributed by atoms with Crippen LogP contribution in [0.2, 0.25) is 0 Å². The van der Waals surface area contributed by atoms with Crippen molar-refractivity contribution in [1.29, 1.82) is 0 Å². The minimum absolute atomic E-state index is 0.125. The quantitative estimate of drug-likeness (QED) is 0.861. The third-order valence-corrected chi connectivity index (χ3v) is 3.22. The molecule has 1 N–H and O–H groups in total. The standard InChI is InChI=1S/C10H16N2O2S/c1-10(2,3)15-6-8-7(9(13)14)5-11-12(8)4/h5H,6H2,1-4H3,(H,13,14). The van der Waals surface area contributed by atoms with Gasteiger partial charge in [0.2, 0.25) is 0 Å². The van der Waals surface area contributed by atoms with Gasteiger partial charge in [-0.2, -0.15) is 5.10 Å². The molecule has 1 aromatic heterocycles. The first-order valence-corrected chi connectivity index (χ1v) is 5.68. The van der Waals surface area contributed by atoms with E-state index < -0.39 is 5.97 Å². The molecule has 0 saturated carbocycles. The van der Waals surface area contributed by atoms with Gasteiger partial charge in [0, 0.05) is 17.5 Å². The van der Waals surface area contributed by atoms with Crippen LogP contribution in [0.3, 0.4) is 0 Å². The summed E-state index contributed by atoms with van der Waals surface area (Å²) in [7, 11) is 1.77. The zero-order chi connectivity index (χ0) is 11.6. The molecule has 1 rings (SSSR count). The molecule has 15 heavy (non-hydrogen) atoms. The van der Waals surface area contributed by atoms with Crippen LogP contribution in [0.5, 0.6) is 0 Å². The Morgan fingerprint density at radius 1 is 1.60 bits per heavy atom. The Labute approximate surface area is 93.7 Å². The third kappa shape index (κ3) is 3.27. The van der Waals surface area contributed by atoms with Gasteiger partial charge in [0.25, 0.3) is 0 Å². The molecule has 0 bridgehead atoms. The third-order valence-electron chi connectivity index (χ3n) is 1.93. The predicted octanol–water partition coefficient (Wildman–Crippen LogP) is 2.15. The van der Waals surface area contributed by atoms with E-state index in [2.05, 4.69) is 25.9 Å². The first-order valence-electron chi connectivity index (χ1n) is 4.69. The zero-order valence-electron chi connectivity index (χ0n) is 9.44. The molecule has 0 unspecified atom stereocenters. The maximum atomic E-state index is 10.9. The summed E-state index contributed by atoms with van der Waals surface area (Å²) in [5.74, 6) is -0.241. The average molecular weight is 228 g/mol. The van der Waals surface area contributed by atoms with Crippen molar-refractivity contribution in [2.75, 3.05) is 0 Å². The lowest BCUT2D eigenvalue weighted by atomic mass is 10.2. The molecule has 4 nitrogen and oxygen atoms in total. The van der Waals surface area contributed by atoms with E-state index in [-0.39, 0.29) is 4.75 Å². The van der Waals surface area contributed by atoms with Crippen molar-refractivity contribution in [2.45, 2.75) is 31.3 Å². The minimum atomic E-state index is -0.910. The SMILES string of the molecule is Cn1ncc(C(=O)O)c1CSC(C)(C)C. The van der Waals surface area contributed by atoms with Crippen molar-refractivity contribution in [3.05, 3.63) is 17.5 Å². The number of hydrogen-bond donors (Lipinski definition) is 1. The van der Waals surface area contributed by atoms with Crippen LogP contribution in [0.25, 0.3) is 0 Å². The molecule has 0 radical (unpaired) electrons. The zero-order valence-corrected chi connectivity index (χ0v) is 10.3. The molecule has 0 saturated heterocycles. The summed E-state index contributed by atoms with van der Waals surface area (Å²) in [6, 6.07) is 0. The number of carboxylic acid groups (broad SMARTS) is 1. The number of carboxylic acids is 1. The molecular formula is C10H16N2O2S. The van der Waals surface area contributed by atoms with Crippen LogP contribution in [-0.2, 0) is 12.8 Å². The van der Waals surface area contributed by atoms with Crippen molar-refractivity contribution in [3.8, 4) is 0 Å². The number of nitrogens with zero attached hydrogens (tertiary/aromatic N) is 2. The molecule has 0 atom stereocenters. The molecule has 0 amide bonds. The van der Waals surface area contributed by atoms with Crippen LogP contribution in [0.4, 0.5) is 0 Å². The van der Waals surface area contributed by atoms with Crippen LogP contribution in [0.1, 0.15) is 36.8 Å². The summed E-state index contributed by atoms with van der Waals surface area (Å²) in [4.78, 5) is 10.9. The number of aromatic carboxylic acids is 1. The van der Waals surface area contributed by atoms with Gasteiger partial charge in [0.15, 0.2) is 0 Å². The highest BCUT2D eigenvalue weighted by Crippen LogP contribution is 2.28. The molecule has 0 aliphatic heterocycles. The number of thioether (sulfide) groups is 1. The van der Waals surface area contributed by atoms with Crippen molar-refractivity contribution >= 4 is 17.7 Å². The summed E-state index contributed by atoms with van der Waals surface area (Å²) in [5, 5.41) is 12.9. The van der Waals surface area contributed by atoms with Gasteiger partial charge in [-0.15, -0.1) is 11.8 Å². The van der Waals surface area contributed by atoms with Gasteiger partial charge >= 0.3 is 5.97 Å². The normalized spacial score (nSPS) is 11.7. The number of carbonyl (C=O) groups is 1. The van der Waals surface area contributed by atoms with Crippen LogP contribution in [0, 0.1) is 0 Å². The predicted molar refractivity (Wildman–Crippen MR) is 61.2 cm³/mol. The summed E-state index contributed by atoms with van der Waals surface area (Å²) in [6.45, 7) is 6.32. The van der Waals surface area contributed by atoms with Gasteiger partial charge in [-0.1, -0.05) is 20.8 Å². The Bertz CT molecular complexity index is 366. The molecule has 1 aromatic rings. The summed E-state index contributed by atoms with van der Waals surface area (Å²) in [6.07, 6.45) is 1.40. The second kappa shape index (κ2) is 4.26. The Morgan fingerprint density at radius 2 is 2.20 bits per heavy atom. The highest BCUT2D eigenvalue weighted by atomic mass is 32.2. The Balaban J connectivity index is 2.84. The Morgan fingerprint density at radius 3 is 2.67 bits per heavy atom. The van der Waals surface area contributed by atoms with Crippen molar-refractivity contribution < 1.29 is 9.90 Å². The number of rotatable bonds is 3. The van der Waals surface area contributed by atoms with Gasteiger partial charge in [0.1, 0.15) is 5.56 Å². The topological polar surface area (TPSA) is 55.1 Å². The number of aromatic nitrogens is 2. The molecule has 0 aliphatic carbocycles. The van der Waals surface area contributed by atoms with Gasteiger partial charge in [-0.25, -0.2) is 4.79 Å². The lowest BCUT2D eigenvalue weighted by Gasteiger charge is -2.17. The molecule has 0 fully saturated rings. The van der Waals surface area contributed by atoms with E-state index in [4.69, 9.17) is 5.11 Å². The van der Waals surface area contributed by atoms with Crippen LogP contribution in [0.15, 0.2) is 6.20 Å². The maximum Gasteiger partial charge on any atom is 0.339 e. The molecule has 5 heteroatoms. The van der Waals surface area contributed by atoms with E-state index in [0.29, 0.717) is 11.3 Å². The van der Waals surface area contributed by atoms with Gasteiger partial charge in [-0.05, 0) is 0 Å². The summed E-state index contributed by atoms with van der Waals surface area (Å²) < 4.78 is 1.75. The molecule has 0 aromatic carbocycles. The van der Waals surface area contributed by atoms with Crippen molar-refractivity contribution in [2.24, 2.45) is 7.05 Å². The summed E-state index contributed by atoms with van der Waals surface area (Å²) >= 11 is 1.71. The lowest BCUT2D eigenvalue weighted by molar-refractivity contribution is 0.0696. The van der Waals surface area contributed by atoms with E-state index >= 15 is 0 Å². The number of hydrogen-bond acceptors (Lipinski definition) is 3. The monoisotopic (exact) mass is 228 g/mol. The minimum Gasteiger partial charge on any atom is -0.478 e. The molecular weight excluding hydrogens is 212 g/mol. The summed E-state index contributed by atoms with van der Waals surface area (Å²) in [5.41, 5.74) is 1.07. The van der Waals surface area contributed by atoms with Crippen molar-refractivity contribution in [3.63, 3.8) is 0 Å². The fourth-order valence-electron chi connectivity index (χ4n) is 1.10. The first-order chi connectivity index (χ1) is 6.81. The molecule has 0 spiro atoms. The molecule has 0 aliphatic rings. The smallest absolute Gasteiger partial charge is 0.339 e. The van der Waals surface area contributed by atoms with E-state index in [1.807, 2.05) is 0 Å². The number of aryl methyl sites for hydroxylation is 1. The second-order valence-electron chi connectivity index (χ2n) is 4.33. The van der Waals surface area contributed by atoms with E-state index in [9.17, 15) is 4.79 Å². The van der Waals surface area contributed by atoms with Crippen molar-refractivity contribution in [1.82, 2.24) is 9.78 Å². The largest absolute Gasteiger partial charge is 0.478 e. The van der Waals surface area contributed by atoms with E-state index in [0.717, 1.165) is 5.69 Å². The highest BCUT2D eigenvalue weighted by Gasteiger charge is 2.18. The lowest BCUT2D eigenvalue weighted by Crippen LogP contribution is -2.10. The van der Waals surface area contributed by atoms with Crippen LogP contribution >= 0.6 is 11.8 Å². The average Bonchev–Trinajstić information content (AvgIpc) is 2.42. The first kappa shape index (κ1) is 12.1. The second-order valence-corrected chi connectivity index (χ2v) is 6.14. The van der Waals surface area contributed by atoms with E-state index in [1.165, 1.54) is 6.20 Å². The van der Waals surface area contributed by atoms with Gasteiger partial charge in [-0.3, -0.25) is 4.68 Å². The molecule has 1 heterocycles. The van der Waals surface area contributed by atoms with Crippen LogP contribution < -0.4 is 0 Å². The molecule has 84 valence electrons. The van der Waals surface area contributed by atoms with Gasteiger partial charge in [0.05, 0.1) is 11.9 Å². The Kier molecular flexibility index (Phi) is 3.44.